The minimum Gasteiger partial charge on any atom is -0.495 e. The van der Waals surface area contributed by atoms with Crippen molar-refractivity contribution < 1.29 is 8.95 Å². The number of nitriles is 1. The third-order valence-electron chi connectivity index (χ3n) is 3.21. The largest absolute Gasteiger partial charge is 0.495 e. The third kappa shape index (κ3) is 3.23. The molecule has 2 rings (SSSR count). The van der Waals surface area contributed by atoms with Crippen LogP contribution in [0.15, 0.2) is 41.3 Å². The molecule has 2 aromatic carbocycles. The molecule has 21 heavy (non-hydrogen) atoms. The van der Waals surface area contributed by atoms with Crippen LogP contribution in [0.3, 0.4) is 0 Å². The molecular formula is C16H16N2O2S. The Morgan fingerprint density at radius 1 is 1.33 bits per heavy atom. The molecule has 0 heterocycles. The van der Waals surface area contributed by atoms with E-state index in [9.17, 15) is 4.21 Å². The molecule has 0 spiro atoms. The number of nitrogen functional groups attached to an aromatic ring is 1. The molecule has 4 nitrogen and oxygen atoms in total. The zero-order valence-corrected chi connectivity index (χ0v) is 12.7. The molecule has 0 aliphatic rings. The summed E-state index contributed by atoms with van der Waals surface area (Å²) in [5.74, 6) is 0.828. The van der Waals surface area contributed by atoms with Gasteiger partial charge in [0.05, 0.1) is 39.8 Å². The highest BCUT2D eigenvalue weighted by molar-refractivity contribution is 7.84. The van der Waals surface area contributed by atoms with Crippen LogP contribution in [-0.2, 0) is 16.6 Å². The Hall–Kier alpha value is -2.32. The Labute approximate surface area is 126 Å². The van der Waals surface area contributed by atoms with E-state index in [4.69, 9.17) is 15.7 Å². The Kier molecular flexibility index (Phi) is 4.61. The molecule has 2 N–H and O–H groups in total. The molecular weight excluding hydrogens is 284 g/mol. The lowest BCUT2D eigenvalue weighted by Crippen LogP contribution is -2.03. The number of hydrogen-bond donors (Lipinski definition) is 1. The summed E-state index contributed by atoms with van der Waals surface area (Å²) in [5.41, 5.74) is 8.69. The Bertz CT molecular complexity index is 736. The van der Waals surface area contributed by atoms with Crippen molar-refractivity contribution in [3.63, 3.8) is 0 Å². The van der Waals surface area contributed by atoms with Gasteiger partial charge >= 0.3 is 0 Å². The number of benzene rings is 2. The molecule has 0 fully saturated rings. The van der Waals surface area contributed by atoms with E-state index in [0.717, 1.165) is 11.1 Å². The maximum atomic E-state index is 12.5. The summed E-state index contributed by atoms with van der Waals surface area (Å²) in [6, 6.07) is 12.8. The van der Waals surface area contributed by atoms with Crippen molar-refractivity contribution >= 4 is 16.5 Å². The molecule has 0 bridgehead atoms. The maximum Gasteiger partial charge on any atom is 0.136 e. The van der Waals surface area contributed by atoms with E-state index in [1.165, 1.54) is 7.11 Å². The number of nitrogens with zero attached hydrogens (tertiary/aromatic N) is 1. The SMILES string of the molecule is COc1ccc(CS(=O)c2cccc(C)c2N)cc1C#N. The van der Waals surface area contributed by atoms with Crippen molar-refractivity contribution in [2.24, 2.45) is 0 Å². The first-order chi connectivity index (χ1) is 10.1. The van der Waals surface area contributed by atoms with Gasteiger partial charge in [0, 0.05) is 0 Å². The number of nitrogens with two attached hydrogens (primary N) is 1. The minimum atomic E-state index is -1.25. The summed E-state index contributed by atoms with van der Waals surface area (Å²) >= 11 is 0. The fourth-order valence-electron chi connectivity index (χ4n) is 2.01. The molecule has 5 heteroatoms. The van der Waals surface area contributed by atoms with Gasteiger partial charge in [0.2, 0.25) is 0 Å². The lowest BCUT2D eigenvalue weighted by Gasteiger charge is -2.09. The molecule has 1 atom stereocenters. The highest BCUT2D eigenvalue weighted by atomic mass is 32.2. The highest BCUT2D eigenvalue weighted by Gasteiger charge is 2.12. The van der Waals surface area contributed by atoms with Gasteiger partial charge in [-0.3, -0.25) is 4.21 Å². The van der Waals surface area contributed by atoms with Gasteiger partial charge in [-0.05, 0) is 36.2 Å². The Balaban J connectivity index is 2.28. The molecule has 2 aromatic rings. The summed E-state index contributed by atoms with van der Waals surface area (Å²) < 4.78 is 17.6. The van der Waals surface area contributed by atoms with Crippen LogP contribution >= 0.6 is 0 Å². The smallest absolute Gasteiger partial charge is 0.136 e. The van der Waals surface area contributed by atoms with Crippen LogP contribution in [0, 0.1) is 18.3 Å². The normalized spacial score (nSPS) is 11.7. The predicted molar refractivity (Wildman–Crippen MR) is 83.4 cm³/mol. The molecule has 0 amide bonds. The number of ether oxygens (including phenoxy) is 1. The van der Waals surface area contributed by atoms with E-state index in [1.807, 2.05) is 25.1 Å². The number of aryl methyl sites for hydroxylation is 1. The van der Waals surface area contributed by atoms with Crippen LogP contribution in [0.4, 0.5) is 5.69 Å². The molecule has 108 valence electrons. The van der Waals surface area contributed by atoms with Crippen LogP contribution < -0.4 is 10.5 Å². The first-order valence-corrected chi connectivity index (χ1v) is 7.69. The molecule has 0 aliphatic carbocycles. The molecule has 0 saturated heterocycles. The van der Waals surface area contributed by atoms with Crippen LogP contribution in [0.25, 0.3) is 0 Å². The summed E-state index contributed by atoms with van der Waals surface area (Å²) in [4.78, 5) is 0.629. The van der Waals surface area contributed by atoms with E-state index in [0.29, 0.717) is 27.6 Å². The Morgan fingerprint density at radius 3 is 2.76 bits per heavy atom. The van der Waals surface area contributed by atoms with E-state index in [-0.39, 0.29) is 0 Å². The van der Waals surface area contributed by atoms with Gasteiger partial charge in [-0.15, -0.1) is 0 Å². The first kappa shape index (κ1) is 15.1. The summed E-state index contributed by atoms with van der Waals surface area (Å²) in [7, 11) is 0.265. The topological polar surface area (TPSA) is 76.1 Å². The maximum absolute atomic E-state index is 12.5. The number of hydrogen-bond acceptors (Lipinski definition) is 4. The zero-order valence-electron chi connectivity index (χ0n) is 11.9. The van der Waals surface area contributed by atoms with Crippen molar-refractivity contribution in [3.05, 3.63) is 53.1 Å². The predicted octanol–water partition coefficient (Wildman–Crippen LogP) is 2.77. The van der Waals surface area contributed by atoms with Crippen LogP contribution in [0.5, 0.6) is 5.75 Å². The number of rotatable bonds is 4. The zero-order chi connectivity index (χ0) is 15.4. The number of anilines is 1. The lowest BCUT2D eigenvalue weighted by atomic mass is 10.1. The van der Waals surface area contributed by atoms with Gasteiger partial charge in [0.25, 0.3) is 0 Å². The Morgan fingerprint density at radius 2 is 2.10 bits per heavy atom. The monoisotopic (exact) mass is 300 g/mol. The van der Waals surface area contributed by atoms with Gasteiger partial charge in [-0.2, -0.15) is 5.26 Å². The summed E-state index contributed by atoms with van der Waals surface area (Å²) in [6.45, 7) is 1.89. The summed E-state index contributed by atoms with van der Waals surface area (Å²) in [6.07, 6.45) is 0. The molecule has 0 saturated carbocycles. The second-order valence-electron chi connectivity index (χ2n) is 4.62. The number of para-hydroxylation sites is 1. The fraction of sp³-hybridized carbons (Fsp3) is 0.188. The second kappa shape index (κ2) is 6.42. The van der Waals surface area contributed by atoms with Crippen LogP contribution in [0.2, 0.25) is 0 Å². The van der Waals surface area contributed by atoms with E-state index < -0.39 is 10.8 Å². The van der Waals surface area contributed by atoms with Crippen LogP contribution in [-0.4, -0.2) is 11.3 Å². The quantitative estimate of drug-likeness (QED) is 0.881. The molecule has 0 aromatic heterocycles. The fourth-order valence-corrected chi connectivity index (χ4v) is 3.29. The van der Waals surface area contributed by atoms with Crippen molar-refractivity contribution in [2.75, 3.05) is 12.8 Å². The molecule has 1 unspecified atom stereocenters. The van der Waals surface area contributed by atoms with Crippen molar-refractivity contribution in [2.45, 2.75) is 17.6 Å². The van der Waals surface area contributed by atoms with Gasteiger partial charge in [-0.25, -0.2) is 0 Å². The molecule has 0 aliphatic heterocycles. The van der Waals surface area contributed by atoms with E-state index >= 15 is 0 Å². The second-order valence-corrected chi connectivity index (χ2v) is 6.04. The van der Waals surface area contributed by atoms with Gasteiger partial charge in [0.1, 0.15) is 11.8 Å². The number of methoxy groups -OCH3 is 1. The van der Waals surface area contributed by atoms with Crippen molar-refractivity contribution in [3.8, 4) is 11.8 Å². The summed E-state index contributed by atoms with van der Waals surface area (Å²) in [5, 5.41) is 9.08. The third-order valence-corrected chi connectivity index (χ3v) is 4.65. The first-order valence-electron chi connectivity index (χ1n) is 6.37. The van der Waals surface area contributed by atoms with Gasteiger partial charge in [0.15, 0.2) is 0 Å². The van der Waals surface area contributed by atoms with E-state index in [2.05, 4.69) is 6.07 Å². The van der Waals surface area contributed by atoms with E-state index in [1.54, 1.807) is 18.2 Å². The standard InChI is InChI=1S/C16H16N2O2S/c1-11-4-3-5-15(16(11)18)21(19)10-12-6-7-14(20-2)13(8-12)9-17/h3-8H,10,18H2,1-2H3. The van der Waals surface area contributed by atoms with Gasteiger partial charge in [-0.1, -0.05) is 18.2 Å². The van der Waals surface area contributed by atoms with Crippen molar-refractivity contribution in [1.82, 2.24) is 0 Å². The van der Waals surface area contributed by atoms with Crippen LogP contribution in [0.1, 0.15) is 16.7 Å². The molecule has 0 radical (unpaired) electrons. The van der Waals surface area contributed by atoms with Crippen molar-refractivity contribution in [1.29, 1.82) is 5.26 Å². The van der Waals surface area contributed by atoms with Gasteiger partial charge < -0.3 is 10.5 Å². The highest BCUT2D eigenvalue weighted by Crippen LogP contribution is 2.24. The average molecular weight is 300 g/mol. The average Bonchev–Trinajstić information content (AvgIpc) is 2.49. The lowest BCUT2D eigenvalue weighted by molar-refractivity contribution is 0.413. The minimum absolute atomic E-state index is 0.312.